The number of nitrogens with two attached hydrogens (primary N) is 1. The zero-order valence-corrected chi connectivity index (χ0v) is 9.90. The first-order valence-corrected chi connectivity index (χ1v) is 5.58. The van der Waals surface area contributed by atoms with Crippen LogP contribution in [0.3, 0.4) is 0 Å². The molecule has 2 rings (SSSR count). The fourth-order valence-electron chi connectivity index (χ4n) is 1.35. The van der Waals surface area contributed by atoms with Crippen LogP contribution in [-0.2, 0) is 0 Å². The van der Waals surface area contributed by atoms with Gasteiger partial charge in [-0.15, -0.1) is 0 Å². The maximum Gasteiger partial charge on any atom is 0.0610 e. The predicted octanol–water partition coefficient (Wildman–Crippen LogP) is 3.52. The van der Waals surface area contributed by atoms with Gasteiger partial charge < -0.3 is 5.73 Å². The summed E-state index contributed by atoms with van der Waals surface area (Å²) in [7, 11) is 0. The van der Waals surface area contributed by atoms with Gasteiger partial charge in [0.15, 0.2) is 0 Å². The molecule has 0 aliphatic rings. The topological polar surface area (TPSA) is 38.9 Å². The predicted molar refractivity (Wildman–Crippen MR) is 64.9 cm³/mol. The maximum atomic E-state index is 5.84. The van der Waals surface area contributed by atoms with E-state index in [-0.39, 0.29) is 0 Å². The largest absolute Gasteiger partial charge is 0.398 e. The Kier molecular flexibility index (Phi) is 3.47. The molecular weight excluding hydrogens is 192 g/mol. The van der Waals surface area contributed by atoms with Gasteiger partial charge in [0.2, 0.25) is 0 Å². The zero-order chi connectivity index (χ0) is 10.7. The highest BCUT2D eigenvalue weighted by Crippen LogP contribution is 2.30. The minimum absolute atomic E-state index is 0.835. The minimum Gasteiger partial charge on any atom is -0.398 e. The first-order chi connectivity index (χ1) is 6.70. The van der Waals surface area contributed by atoms with Gasteiger partial charge in [-0.1, -0.05) is 19.9 Å². The summed E-state index contributed by atoms with van der Waals surface area (Å²) in [6, 6.07) is 3.98. The molecule has 1 aromatic heterocycles. The molecule has 1 aromatic carbocycles. The fourth-order valence-corrected chi connectivity index (χ4v) is 2.24. The van der Waals surface area contributed by atoms with Crippen LogP contribution in [0.15, 0.2) is 12.1 Å². The second-order valence-corrected chi connectivity index (χ2v) is 3.72. The van der Waals surface area contributed by atoms with E-state index >= 15 is 0 Å². The number of hydrogen-bond acceptors (Lipinski definition) is 3. The second-order valence-electron chi connectivity index (χ2n) is 2.94. The monoisotopic (exact) mass is 208 g/mol. The number of anilines is 1. The summed E-state index contributed by atoms with van der Waals surface area (Å²) in [5.74, 6) is 0. The van der Waals surface area contributed by atoms with E-state index in [1.807, 2.05) is 32.9 Å². The van der Waals surface area contributed by atoms with E-state index in [0.29, 0.717) is 0 Å². The van der Waals surface area contributed by atoms with Gasteiger partial charge in [-0.25, -0.2) is 0 Å². The molecular formula is C11H16N2S. The summed E-state index contributed by atoms with van der Waals surface area (Å²) in [5.41, 5.74) is 8.96. The first kappa shape index (κ1) is 11.0. The molecule has 0 atom stereocenters. The SMILES string of the molecule is CC.Cc1ccc(N)c2c(C)nsc12. The Morgan fingerprint density at radius 3 is 2.43 bits per heavy atom. The van der Waals surface area contributed by atoms with E-state index in [4.69, 9.17) is 5.73 Å². The van der Waals surface area contributed by atoms with E-state index in [2.05, 4.69) is 11.3 Å². The number of rotatable bonds is 0. The number of benzene rings is 1. The lowest BCUT2D eigenvalue weighted by atomic mass is 10.1. The number of nitrogen functional groups attached to an aromatic ring is 1. The summed E-state index contributed by atoms with van der Waals surface area (Å²) in [5, 5.41) is 1.12. The summed E-state index contributed by atoms with van der Waals surface area (Å²) < 4.78 is 5.49. The molecule has 0 saturated heterocycles. The lowest BCUT2D eigenvalue weighted by Gasteiger charge is -1.98. The van der Waals surface area contributed by atoms with E-state index in [1.54, 1.807) is 0 Å². The standard InChI is InChI=1S/C9H10N2S.C2H6/c1-5-3-4-7(10)8-6(2)11-12-9(5)8;1-2/h3-4H,10H2,1-2H3;1-2H3. The van der Waals surface area contributed by atoms with Crippen molar-refractivity contribution in [1.82, 2.24) is 4.37 Å². The van der Waals surface area contributed by atoms with Crippen molar-refractivity contribution in [2.24, 2.45) is 0 Å². The molecule has 2 aromatic rings. The lowest BCUT2D eigenvalue weighted by molar-refractivity contribution is 1.37. The molecule has 0 aliphatic heterocycles. The van der Waals surface area contributed by atoms with Crippen molar-refractivity contribution in [1.29, 1.82) is 0 Å². The highest BCUT2D eigenvalue weighted by molar-refractivity contribution is 7.13. The molecule has 0 aliphatic carbocycles. The molecule has 2 N–H and O–H groups in total. The number of nitrogens with zero attached hydrogens (tertiary/aromatic N) is 1. The summed E-state index contributed by atoms with van der Waals surface area (Å²) in [6.07, 6.45) is 0. The number of hydrogen-bond donors (Lipinski definition) is 1. The van der Waals surface area contributed by atoms with E-state index < -0.39 is 0 Å². The van der Waals surface area contributed by atoms with Crippen LogP contribution in [0.4, 0.5) is 5.69 Å². The van der Waals surface area contributed by atoms with Crippen LogP contribution in [-0.4, -0.2) is 4.37 Å². The highest BCUT2D eigenvalue weighted by atomic mass is 32.1. The van der Waals surface area contributed by atoms with Gasteiger partial charge in [0.05, 0.1) is 10.4 Å². The average molecular weight is 208 g/mol. The van der Waals surface area contributed by atoms with Crippen molar-refractivity contribution in [3.63, 3.8) is 0 Å². The van der Waals surface area contributed by atoms with Gasteiger partial charge in [0.25, 0.3) is 0 Å². The molecule has 0 fully saturated rings. The summed E-state index contributed by atoms with van der Waals surface area (Å²) in [6.45, 7) is 8.08. The van der Waals surface area contributed by atoms with Gasteiger partial charge in [-0.3, -0.25) is 0 Å². The number of fused-ring (bicyclic) bond motifs is 1. The van der Waals surface area contributed by atoms with Crippen LogP contribution < -0.4 is 5.73 Å². The molecule has 1 heterocycles. The van der Waals surface area contributed by atoms with E-state index in [0.717, 1.165) is 16.8 Å². The van der Waals surface area contributed by atoms with Gasteiger partial charge in [0, 0.05) is 11.1 Å². The number of aryl methyl sites for hydroxylation is 2. The van der Waals surface area contributed by atoms with Crippen LogP contribution in [0.25, 0.3) is 10.1 Å². The zero-order valence-electron chi connectivity index (χ0n) is 9.09. The van der Waals surface area contributed by atoms with Crippen molar-refractivity contribution in [2.45, 2.75) is 27.7 Å². The van der Waals surface area contributed by atoms with Crippen molar-refractivity contribution in [3.8, 4) is 0 Å². The van der Waals surface area contributed by atoms with Crippen LogP contribution in [0.5, 0.6) is 0 Å². The third-order valence-electron chi connectivity index (χ3n) is 2.02. The smallest absolute Gasteiger partial charge is 0.0610 e. The molecule has 0 bridgehead atoms. The summed E-state index contributed by atoms with van der Waals surface area (Å²) in [4.78, 5) is 0. The summed E-state index contributed by atoms with van der Waals surface area (Å²) >= 11 is 1.52. The Bertz CT molecular complexity index is 432. The molecule has 14 heavy (non-hydrogen) atoms. The molecule has 3 heteroatoms. The van der Waals surface area contributed by atoms with Gasteiger partial charge in [-0.05, 0) is 37.0 Å². The third kappa shape index (κ3) is 1.73. The normalized spacial score (nSPS) is 9.71. The molecule has 0 saturated carbocycles. The Morgan fingerprint density at radius 1 is 1.21 bits per heavy atom. The van der Waals surface area contributed by atoms with Crippen LogP contribution in [0.1, 0.15) is 25.1 Å². The van der Waals surface area contributed by atoms with Crippen molar-refractivity contribution in [3.05, 3.63) is 23.4 Å². The third-order valence-corrected chi connectivity index (χ3v) is 3.10. The first-order valence-electron chi connectivity index (χ1n) is 4.81. The van der Waals surface area contributed by atoms with Gasteiger partial charge in [0.1, 0.15) is 0 Å². The average Bonchev–Trinajstić information content (AvgIpc) is 2.59. The van der Waals surface area contributed by atoms with Gasteiger partial charge >= 0.3 is 0 Å². The molecule has 0 spiro atoms. The van der Waals surface area contributed by atoms with Crippen LogP contribution in [0.2, 0.25) is 0 Å². The molecule has 0 radical (unpaired) electrons. The van der Waals surface area contributed by atoms with E-state index in [9.17, 15) is 0 Å². The maximum absolute atomic E-state index is 5.84. The fraction of sp³-hybridized carbons (Fsp3) is 0.364. The highest BCUT2D eigenvalue weighted by Gasteiger charge is 2.06. The van der Waals surface area contributed by atoms with Crippen molar-refractivity contribution < 1.29 is 0 Å². The van der Waals surface area contributed by atoms with Gasteiger partial charge in [-0.2, -0.15) is 4.37 Å². The van der Waals surface area contributed by atoms with Crippen molar-refractivity contribution >= 4 is 27.3 Å². The van der Waals surface area contributed by atoms with E-state index in [1.165, 1.54) is 21.8 Å². The van der Waals surface area contributed by atoms with Crippen LogP contribution >= 0.6 is 11.5 Å². The van der Waals surface area contributed by atoms with Crippen LogP contribution in [0, 0.1) is 13.8 Å². The second kappa shape index (κ2) is 4.42. The number of aromatic nitrogens is 1. The Labute approximate surface area is 88.9 Å². The quantitative estimate of drug-likeness (QED) is 0.673. The Hall–Kier alpha value is -1.09. The Balaban J connectivity index is 0.000000461. The molecule has 0 unspecified atom stereocenters. The Morgan fingerprint density at radius 2 is 1.86 bits per heavy atom. The molecule has 0 amide bonds. The van der Waals surface area contributed by atoms with Crippen molar-refractivity contribution in [2.75, 3.05) is 5.73 Å². The lowest BCUT2D eigenvalue weighted by Crippen LogP contribution is -1.87. The molecule has 76 valence electrons. The molecule has 2 nitrogen and oxygen atoms in total. The minimum atomic E-state index is 0.835.